The first kappa shape index (κ1) is 22.7. The number of rotatable bonds is 9. The molecule has 0 spiro atoms. The first-order valence-corrected chi connectivity index (χ1v) is 11.7. The molecule has 8 nitrogen and oxygen atoms in total. The zero-order valence-electron chi connectivity index (χ0n) is 18.3. The minimum absolute atomic E-state index is 0.0534. The summed E-state index contributed by atoms with van der Waals surface area (Å²) in [5.74, 6) is 0.804. The van der Waals surface area contributed by atoms with E-state index < -0.39 is 0 Å². The van der Waals surface area contributed by atoms with Crippen LogP contribution in [0.5, 0.6) is 0 Å². The molecule has 0 aliphatic carbocycles. The zero-order valence-corrected chi connectivity index (χ0v) is 18.3. The maximum absolute atomic E-state index is 12.5. The predicted octanol–water partition coefficient (Wildman–Crippen LogP) is 1.65. The molecule has 1 atom stereocenters. The summed E-state index contributed by atoms with van der Waals surface area (Å²) in [4.78, 5) is 40.2. The van der Waals surface area contributed by atoms with Crippen LogP contribution in [0.25, 0.3) is 0 Å². The number of nitrogens with one attached hydrogen (secondary N) is 2. The van der Waals surface area contributed by atoms with E-state index in [9.17, 15) is 14.4 Å². The average Bonchev–Trinajstić information content (AvgIpc) is 3.23. The third-order valence-electron chi connectivity index (χ3n) is 6.79. The molecule has 3 aliphatic heterocycles. The molecular weight excluding hydrogens is 382 g/mol. The van der Waals surface area contributed by atoms with E-state index in [0.717, 1.165) is 57.7 Å². The SMILES string of the molecule is CCN1CCCC1CNC(=O)CCC1CCN(C(=O)CCC2=NNC(=O)CC2)CC1. The zero-order chi connectivity index (χ0) is 21.3. The Labute approximate surface area is 179 Å². The van der Waals surface area contributed by atoms with Gasteiger partial charge in [0.15, 0.2) is 0 Å². The summed E-state index contributed by atoms with van der Waals surface area (Å²) >= 11 is 0. The molecule has 8 heteroatoms. The van der Waals surface area contributed by atoms with Crippen LogP contribution in [0, 0.1) is 5.92 Å². The van der Waals surface area contributed by atoms with Crippen molar-refractivity contribution >= 4 is 23.4 Å². The summed E-state index contributed by atoms with van der Waals surface area (Å²) in [6, 6.07) is 0.504. The minimum atomic E-state index is -0.0534. The van der Waals surface area contributed by atoms with E-state index in [4.69, 9.17) is 0 Å². The third kappa shape index (κ3) is 6.79. The van der Waals surface area contributed by atoms with Gasteiger partial charge in [-0.1, -0.05) is 6.92 Å². The Bertz CT molecular complexity index is 643. The number of hydrazone groups is 1. The van der Waals surface area contributed by atoms with Crippen LogP contribution in [0.2, 0.25) is 0 Å². The van der Waals surface area contributed by atoms with Crippen molar-refractivity contribution in [3.63, 3.8) is 0 Å². The highest BCUT2D eigenvalue weighted by molar-refractivity contribution is 5.94. The van der Waals surface area contributed by atoms with E-state index in [1.165, 1.54) is 12.8 Å². The molecule has 0 aromatic rings. The molecule has 0 aromatic heterocycles. The second kappa shape index (κ2) is 11.4. The molecule has 168 valence electrons. The maximum Gasteiger partial charge on any atom is 0.240 e. The van der Waals surface area contributed by atoms with Crippen LogP contribution in [0.3, 0.4) is 0 Å². The molecule has 2 N–H and O–H groups in total. The number of carbonyl (C=O) groups is 3. The van der Waals surface area contributed by atoms with E-state index in [1.807, 2.05) is 4.90 Å². The van der Waals surface area contributed by atoms with Gasteiger partial charge in [-0.05, 0) is 64.0 Å². The van der Waals surface area contributed by atoms with Gasteiger partial charge in [-0.3, -0.25) is 19.3 Å². The van der Waals surface area contributed by atoms with E-state index in [-0.39, 0.29) is 17.7 Å². The molecule has 0 radical (unpaired) electrons. The van der Waals surface area contributed by atoms with Crippen LogP contribution in [0.15, 0.2) is 5.10 Å². The van der Waals surface area contributed by atoms with Gasteiger partial charge in [0.25, 0.3) is 0 Å². The quantitative estimate of drug-likeness (QED) is 0.594. The fourth-order valence-electron chi connectivity index (χ4n) is 4.77. The fraction of sp³-hybridized carbons (Fsp3) is 0.818. The summed E-state index contributed by atoms with van der Waals surface area (Å²) in [7, 11) is 0. The van der Waals surface area contributed by atoms with Gasteiger partial charge in [-0.25, -0.2) is 5.43 Å². The summed E-state index contributed by atoms with van der Waals surface area (Å²) in [6.07, 6.45) is 8.05. The second-order valence-corrected chi connectivity index (χ2v) is 8.80. The normalized spacial score (nSPS) is 23.2. The van der Waals surface area contributed by atoms with Crippen LogP contribution in [0.1, 0.15) is 71.1 Å². The van der Waals surface area contributed by atoms with Gasteiger partial charge >= 0.3 is 0 Å². The monoisotopic (exact) mass is 419 g/mol. The summed E-state index contributed by atoms with van der Waals surface area (Å²) < 4.78 is 0. The number of hydrogen-bond acceptors (Lipinski definition) is 5. The number of nitrogens with zero attached hydrogens (tertiary/aromatic N) is 3. The number of carbonyl (C=O) groups excluding carboxylic acids is 3. The van der Waals surface area contributed by atoms with Crippen LogP contribution in [-0.2, 0) is 14.4 Å². The van der Waals surface area contributed by atoms with Crippen molar-refractivity contribution in [3.8, 4) is 0 Å². The Kier molecular flexibility index (Phi) is 8.66. The van der Waals surface area contributed by atoms with Gasteiger partial charge in [0, 0.05) is 50.7 Å². The fourth-order valence-corrected chi connectivity index (χ4v) is 4.77. The first-order chi connectivity index (χ1) is 14.5. The summed E-state index contributed by atoms with van der Waals surface area (Å²) in [5, 5.41) is 7.16. The van der Waals surface area contributed by atoms with E-state index in [0.29, 0.717) is 44.1 Å². The number of likely N-dealkylation sites (tertiary alicyclic amines) is 2. The topological polar surface area (TPSA) is 94.1 Å². The van der Waals surface area contributed by atoms with Gasteiger partial charge in [0.05, 0.1) is 0 Å². The van der Waals surface area contributed by atoms with Crippen molar-refractivity contribution < 1.29 is 14.4 Å². The van der Waals surface area contributed by atoms with Crippen molar-refractivity contribution in [1.29, 1.82) is 0 Å². The Balaban J connectivity index is 1.27. The Morgan fingerprint density at radius 1 is 1.13 bits per heavy atom. The van der Waals surface area contributed by atoms with Gasteiger partial charge in [-0.15, -0.1) is 0 Å². The molecule has 0 saturated carbocycles. The highest BCUT2D eigenvalue weighted by Gasteiger charge is 2.25. The van der Waals surface area contributed by atoms with Crippen molar-refractivity contribution in [1.82, 2.24) is 20.5 Å². The molecule has 3 amide bonds. The van der Waals surface area contributed by atoms with Crippen molar-refractivity contribution in [2.45, 2.75) is 77.2 Å². The predicted molar refractivity (Wildman–Crippen MR) is 116 cm³/mol. The number of piperidine rings is 1. The Morgan fingerprint density at radius 2 is 1.93 bits per heavy atom. The van der Waals surface area contributed by atoms with Gasteiger partial charge in [0.1, 0.15) is 0 Å². The van der Waals surface area contributed by atoms with Crippen LogP contribution < -0.4 is 10.7 Å². The van der Waals surface area contributed by atoms with E-state index in [1.54, 1.807) is 0 Å². The van der Waals surface area contributed by atoms with Gasteiger partial charge in [-0.2, -0.15) is 5.10 Å². The van der Waals surface area contributed by atoms with Gasteiger partial charge in [0.2, 0.25) is 17.7 Å². The number of amides is 3. The summed E-state index contributed by atoms with van der Waals surface area (Å²) in [6.45, 7) is 6.72. The molecule has 2 fully saturated rings. The van der Waals surface area contributed by atoms with E-state index in [2.05, 4.69) is 27.7 Å². The van der Waals surface area contributed by atoms with Crippen LogP contribution in [-0.4, -0.2) is 72.0 Å². The molecule has 3 rings (SSSR count). The van der Waals surface area contributed by atoms with Crippen molar-refractivity contribution in [3.05, 3.63) is 0 Å². The van der Waals surface area contributed by atoms with Crippen molar-refractivity contribution in [2.24, 2.45) is 11.0 Å². The Hall–Kier alpha value is -1.96. The minimum Gasteiger partial charge on any atom is -0.355 e. The molecule has 0 bridgehead atoms. The molecule has 0 aromatic carbocycles. The Morgan fingerprint density at radius 3 is 2.63 bits per heavy atom. The van der Waals surface area contributed by atoms with Crippen molar-refractivity contribution in [2.75, 3.05) is 32.7 Å². The van der Waals surface area contributed by atoms with Crippen LogP contribution >= 0.6 is 0 Å². The smallest absolute Gasteiger partial charge is 0.240 e. The molecule has 2 saturated heterocycles. The highest BCUT2D eigenvalue weighted by atomic mass is 16.2. The maximum atomic E-state index is 12.5. The largest absolute Gasteiger partial charge is 0.355 e. The molecular formula is C22H37N5O3. The summed E-state index contributed by atoms with van der Waals surface area (Å²) in [5.41, 5.74) is 3.39. The lowest BCUT2D eigenvalue weighted by atomic mass is 9.91. The lowest BCUT2D eigenvalue weighted by molar-refractivity contribution is -0.132. The number of likely N-dealkylation sites (N-methyl/N-ethyl adjacent to an activating group) is 1. The van der Waals surface area contributed by atoms with Gasteiger partial charge < -0.3 is 10.2 Å². The average molecular weight is 420 g/mol. The lowest BCUT2D eigenvalue weighted by Gasteiger charge is -2.32. The molecule has 1 unspecified atom stereocenters. The second-order valence-electron chi connectivity index (χ2n) is 8.80. The highest BCUT2D eigenvalue weighted by Crippen LogP contribution is 2.23. The lowest BCUT2D eigenvalue weighted by Crippen LogP contribution is -2.40. The molecule has 3 heterocycles. The molecule has 3 aliphatic rings. The first-order valence-electron chi connectivity index (χ1n) is 11.7. The standard InChI is InChI=1S/C22H37N5O3/c1-2-26-13-3-4-19(26)16-23-20(28)8-5-17-11-14-27(15-12-17)22(30)10-7-18-6-9-21(29)25-24-18/h17,19H,2-16H2,1H3,(H,23,28)(H,25,29). The molecule has 30 heavy (non-hydrogen) atoms. The van der Waals surface area contributed by atoms with E-state index >= 15 is 0 Å². The number of hydrogen-bond donors (Lipinski definition) is 2. The third-order valence-corrected chi connectivity index (χ3v) is 6.79. The van der Waals surface area contributed by atoms with Crippen LogP contribution in [0.4, 0.5) is 0 Å².